The third-order valence-electron chi connectivity index (χ3n) is 3.77. The van der Waals surface area contributed by atoms with Gasteiger partial charge in [0, 0.05) is 24.4 Å². The Morgan fingerprint density at radius 1 is 1.29 bits per heavy atom. The molecule has 0 aliphatic rings. The van der Waals surface area contributed by atoms with Crippen molar-refractivity contribution in [2.75, 3.05) is 5.88 Å². The standard InChI is InChI=1S/C16H21ClF2N2/c1-3-4-5-6-11(2)21-14-10-12(18)9-13(19)16(14)20-15(21)7-8-17/h9-11H,3-8H2,1-2H3. The lowest BCUT2D eigenvalue weighted by molar-refractivity contribution is 0.473. The lowest BCUT2D eigenvalue weighted by Crippen LogP contribution is -2.10. The Labute approximate surface area is 129 Å². The van der Waals surface area contributed by atoms with Gasteiger partial charge in [0.2, 0.25) is 0 Å². The number of halogens is 3. The van der Waals surface area contributed by atoms with Crippen molar-refractivity contribution in [2.45, 2.75) is 52.0 Å². The van der Waals surface area contributed by atoms with E-state index in [0.29, 0.717) is 17.8 Å². The monoisotopic (exact) mass is 314 g/mol. The number of benzene rings is 1. The van der Waals surface area contributed by atoms with E-state index in [4.69, 9.17) is 11.6 Å². The Hall–Kier alpha value is -1.16. The highest BCUT2D eigenvalue weighted by atomic mass is 35.5. The first kappa shape index (κ1) is 16.2. The predicted molar refractivity (Wildman–Crippen MR) is 82.9 cm³/mol. The molecule has 1 unspecified atom stereocenters. The maximum Gasteiger partial charge on any atom is 0.153 e. The maximum atomic E-state index is 13.9. The van der Waals surface area contributed by atoms with E-state index in [0.717, 1.165) is 37.6 Å². The van der Waals surface area contributed by atoms with E-state index in [2.05, 4.69) is 18.8 Å². The minimum absolute atomic E-state index is 0.154. The molecule has 0 fully saturated rings. The summed E-state index contributed by atoms with van der Waals surface area (Å²) in [5, 5.41) is 0. The molecule has 0 N–H and O–H groups in total. The van der Waals surface area contributed by atoms with Crippen LogP contribution < -0.4 is 0 Å². The quantitative estimate of drug-likeness (QED) is 0.505. The normalized spacial score (nSPS) is 13.0. The first-order chi connectivity index (χ1) is 10.1. The van der Waals surface area contributed by atoms with Crippen molar-refractivity contribution in [3.05, 3.63) is 29.6 Å². The second kappa shape index (κ2) is 7.21. The maximum absolute atomic E-state index is 13.9. The molecule has 0 spiro atoms. The van der Waals surface area contributed by atoms with Crippen LogP contribution in [0.25, 0.3) is 11.0 Å². The van der Waals surface area contributed by atoms with Gasteiger partial charge in [-0.1, -0.05) is 26.2 Å². The van der Waals surface area contributed by atoms with E-state index in [-0.39, 0.29) is 11.6 Å². The highest BCUT2D eigenvalue weighted by molar-refractivity contribution is 6.17. The Morgan fingerprint density at radius 3 is 2.71 bits per heavy atom. The molecule has 116 valence electrons. The minimum Gasteiger partial charge on any atom is -0.325 e. The SMILES string of the molecule is CCCCCC(C)n1c(CCCl)nc2c(F)cc(F)cc21. The molecule has 0 saturated heterocycles. The molecule has 1 heterocycles. The number of nitrogens with zero attached hydrogens (tertiary/aromatic N) is 2. The van der Waals surface area contributed by atoms with Crippen LogP contribution in [0.15, 0.2) is 12.1 Å². The van der Waals surface area contributed by atoms with Crippen molar-refractivity contribution >= 4 is 22.6 Å². The minimum atomic E-state index is -0.611. The molecule has 0 aliphatic carbocycles. The molecule has 21 heavy (non-hydrogen) atoms. The van der Waals surface area contributed by atoms with Crippen LogP contribution in [-0.4, -0.2) is 15.4 Å². The smallest absolute Gasteiger partial charge is 0.153 e. The number of hydrogen-bond donors (Lipinski definition) is 0. The van der Waals surface area contributed by atoms with Crippen molar-refractivity contribution in [1.29, 1.82) is 0 Å². The van der Waals surface area contributed by atoms with Crippen molar-refractivity contribution < 1.29 is 8.78 Å². The van der Waals surface area contributed by atoms with E-state index in [1.54, 1.807) is 0 Å². The molecule has 0 radical (unpaired) electrons. The third-order valence-corrected chi connectivity index (χ3v) is 3.96. The topological polar surface area (TPSA) is 17.8 Å². The van der Waals surface area contributed by atoms with Crippen LogP contribution in [0.3, 0.4) is 0 Å². The molecule has 2 aromatic rings. The molecule has 2 rings (SSSR count). The van der Waals surface area contributed by atoms with E-state index in [9.17, 15) is 8.78 Å². The van der Waals surface area contributed by atoms with Crippen LogP contribution in [0.4, 0.5) is 8.78 Å². The molecule has 0 aliphatic heterocycles. The fourth-order valence-corrected chi connectivity index (χ4v) is 2.91. The van der Waals surface area contributed by atoms with Crippen LogP contribution in [0.1, 0.15) is 51.4 Å². The summed E-state index contributed by atoms with van der Waals surface area (Å²) in [6.45, 7) is 4.22. The van der Waals surface area contributed by atoms with Crippen molar-refractivity contribution in [3.63, 3.8) is 0 Å². The molecule has 5 heteroatoms. The van der Waals surface area contributed by atoms with Gasteiger partial charge in [-0.15, -0.1) is 11.6 Å². The number of aryl methyl sites for hydroxylation is 1. The van der Waals surface area contributed by atoms with E-state index >= 15 is 0 Å². The van der Waals surface area contributed by atoms with Crippen LogP contribution in [-0.2, 0) is 6.42 Å². The summed E-state index contributed by atoms with van der Waals surface area (Å²) < 4.78 is 29.4. The first-order valence-electron chi connectivity index (χ1n) is 7.50. The molecule has 0 bridgehead atoms. The van der Waals surface area contributed by atoms with Gasteiger partial charge in [-0.2, -0.15) is 0 Å². The zero-order valence-corrected chi connectivity index (χ0v) is 13.3. The van der Waals surface area contributed by atoms with Gasteiger partial charge in [0.1, 0.15) is 17.2 Å². The average Bonchev–Trinajstić information content (AvgIpc) is 2.78. The Bertz CT molecular complexity index is 610. The number of rotatable bonds is 7. The summed E-state index contributed by atoms with van der Waals surface area (Å²) in [5.41, 5.74) is 0.760. The average molecular weight is 315 g/mol. The second-order valence-electron chi connectivity index (χ2n) is 5.44. The van der Waals surface area contributed by atoms with E-state index < -0.39 is 11.6 Å². The Morgan fingerprint density at radius 2 is 2.05 bits per heavy atom. The van der Waals surface area contributed by atoms with E-state index in [1.807, 2.05) is 4.57 Å². The molecule has 0 saturated carbocycles. The van der Waals surface area contributed by atoms with Crippen molar-refractivity contribution in [1.82, 2.24) is 9.55 Å². The molecular weight excluding hydrogens is 294 g/mol. The Kier molecular flexibility index (Phi) is 5.57. The molecular formula is C16H21ClF2N2. The summed E-state index contributed by atoms with van der Waals surface area (Å²) in [6.07, 6.45) is 4.91. The zero-order chi connectivity index (χ0) is 15.4. The highest BCUT2D eigenvalue weighted by Gasteiger charge is 2.18. The summed E-state index contributed by atoms with van der Waals surface area (Å²) in [6, 6.07) is 2.40. The lowest BCUT2D eigenvalue weighted by atomic mass is 10.1. The van der Waals surface area contributed by atoms with Gasteiger partial charge in [0.05, 0.1) is 5.52 Å². The van der Waals surface area contributed by atoms with Crippen LogP contribution in [0.5, 0.6) is 0 Å². The van der Waals surface area contributed by atoms with Gasteiger partial charge in [-0.05, 0) is 19.4 Å². The molecule has 1 aromatic heterocycles. The number of imidazole rings is 1. The number of fused-ring (bicyclic) bond motifs is 1. The molecule has 2 nitrogen and oxygen atoms in total. The van der Waals surface area contributed by atoms with E-state index in [1.165, 1.54) is 6.07 Å². The first-order valence-corrected chi connectivity index (χ1v) is 8.03. The highest BCUT2D eigenvalue weighted by Crippen LogP contribution is 2.27. The summed E-state index contributed by atoms with van der Waals surface area (Å²) in [4.78, 5) is 4.33. The van der Waals surface area contributed by atoms with Crippen LogP contribution in [0, 0.1) is 11.6 Å². The number of aromatic nitrogens is 2. The fraction of sp³-hybridized carbons (Fsp3) is 0.562. The summed E-state index contributed by atoms with van der Waals surface area (Å²) in [5.74, 6) is -0.0390. The van der Waals surface area contributed by atoms with Gasteiger partial charge in [0.15, 0.2) is 5.82 Å². The van der Waals surface area contributed by atoms with Crippen molar-refractivity contribution in [3.8, 4) is 0 Å². The van der Waals surface area contributed by atoms with Crippen molar-refractivity contribution in [2.24, 2.45) is 0 Å². The molecule has 1 aromatic carbocycles. The van der Waals surface area contributed by atoms with Gasteiger partial charge < -0.3 is 4.57 Å². The van der Waals surface area contributed by atoms with Gasteiger partial charge in [0.25, 0.3) is 0 Å². The molecule has 0 amide bonds. The Balaban J connectivity index is 2.44. The van der Waals surface area contributed by atoms with Gasteiger partial charge in [-0.25, -0.2) is 13.8 Å². The zero-order valence-electron chi connectivity index (χ0n) is 12.5. The third kappa shape index (κ3) is 3.54. The fourth-order valence-electron chi connectivity index (χ4n) is 2.74. The largest absolute Gasteiger partial charge is 0.325 e. The van der Waals surface area contributed by atoms with Crippen LogP contribution in [0.2, 0.25) is 0 Å². The van der Waals surface area contributed by atoms with Gasteiger partial charge in [-0.3, -0.25) is 0 Å². The lowest BCUT2D eigenvalue weighted by Gasteiger charge is -2.17. The second-order valence-corrected chi connectivity index (χ2v) is 5.82. The van der Waals surface area contributed by atoms with Crippen LogP contribution >= 0.6 is 11.6 Å². The van der Waals surface area contributed by atoms with Gasteiger partial charge >= 0.3 is 0 Å². The number of alkyl halides is 1. The number of hydrogen-bond acceptors (Lipinski definition) is 1. The predicted octanol–water partition coefficient (Wildman–Crippen LogP) is 5.24. The molecule has 1 atom stereocenters. The summed E-state index contributed by atoms with van der Waals surface area (Å²) in [7, 11) is 0. The summed E-state index contributed by atoms with van der Waals surface area (Å²) >= 11 is 5.82. The number of unbranched alkanes of at least 4 members (excludes halogenated alkanes) is 2.